The number of ketones is 1. The first-order chi connectivity index (χ1) is 11.8. The number of aliphatic carboxylic acids is 1. The summed E-state index contributed by atoms with van der Waals surface area (Å²) in [5, 5.41) is 11.1. The lowest BCUT2D eigenvalue weighted by Crippen LogP contribution is -2.48. The lowest BCUT2D eigenvalue weighted by atomic mass is 10.0. The minimum absolute atomic E-state index is 0.0591. The van der Waals surface area contributed by atoms with Gasteiger partial charge in [-0.15, -0.1) is 0 Å². The van der Waals surface area contributed by atoms with Crippen molar-refractivity contribution >= 4 is 17.7 Å². The maximum Gasteiger partial charge on any atom is 0.305 e. The van der Waals surface area contributed by atoms with Crippen LogP contribution in [0.1, 0.15) is 23.7 Å². The number of nitrogens with one attached hydrogen (secondary N) is 1. The normalized spacial score (nSPS) is 14.9. The Morgan fingerprint density at radius 2 is 2.00 bits per heavy atom. The molecule has 2 unspecified atom stereocenters. The summed E-state index contributed by atoms with van der Waals surface area (Å²) in [5.74, 6) is -0.768. The monoisotopic (exact) mass is 351 g/mol. The molecule has 0 fully saturated rings. The van der Waals surface area contributed by atoms with Crippen LogP contribution in [0.4, 0.5) is 0 Å². The van der Waals surface area contributed by atoms with Crippen molar-refractivity contribution in [3.8, 4) is 11.5 Å². The molecule has 1 aliphatic rings. The number of carbonyl (C=O) groups is 3. The molecule has 136 valence electrons. The highest BCUT2D eigenvalue weighted by molar-refractivity contribution is 6.00. The number of fused-ring (bicyclic) bond motifs is 1. The fourth-order valence-electron chi connectivity index (χ4n) is 2.24. The molecule has 2 atom stereocenters. The molecular formula is C16H21N3O6. The van der Waals surface area contributed by atoms with Crippen LogP contribution < -0.4 is 20.5 Å². The second kappa shape index (κ2) is 7.95. The van der Waals surface area contributed by atoms with Crippen molar-refractivity contribution in [3.05, 3.63) is 23.8 Å². The summed E-state index contributed by atoms with van der Waals surface area (Å²) in [6, 6.07) is 3.30. The van der Waals surface area contributed by atoms with Crippen molar-refractivity contribution in [2.45, 2.75) is 25.4 Å². The fraction of sp³-hybridized carbons (Fsp3) is 0.438. The average Bonchev–Trinajstić information content (AvgIpc) is 3.04. The van der Waals surface area contributed by atoms with Gasteiger partial charge in [-0.25, -0.2) is 0 Å². The molecule has 1 aromatic rings. The number of ether oxygens (including phenoxy) is 2. The number of benzene rings is 1. The van der Waals surface area contributed by atoms with Gasteiger partial charge >= 0.3 is 5.97 Å². The van der Waals surface area contributed by atoms with Gasteiger partial charge in [0.15, 0.2) is 17.3 Å². The van der Waals surface area contributed by atoms with Crippen molar-refractivity contribution in [2.24, 2.45) is 5.73 Å². The average molecular weight is 351 g/mol. The highest BCUT2D eigenvalue weighted by Crippen LogP contribution is 2.32. The first kappa shape index (κ1) is 18.7. The molecule has 0 aliphatic carbocycles. The highest BCUT2D eigenvalue weighted by Gasteiger charge is 2.24. The van der Waals surface area contributed by atoms with E-state index >= 15 is 0 Å². The molecule has 0 bridgehead atoms. The van der Waals surface area contributed by atoms with Gasteiger partial charge in [0, 0.05) is 5.56 Å². The zero-order valence-corrected chi connectivity index (χ0v) is 14.0. The number of nitrogens with zero attached hydrogens (tertiary/aromatic N) is 1. The van der Waals surface area contributed by atoms with E-state index in [2.05, 4.69) is 5.32 Å². The summed E-state index contributed by atoms with van der Waals surface area (Å²) < 4.78 is 10.5. The lowest BCUT2D eigenvalue weighted by Gasteiger charge is -2.24. The quantitative estimate of drug-likeness (QED) is 0.433. The van der Waals surface area contributed by atoms with Crippen LogP contribution in [0.3, 0.4) is 0 Å². The van der Waals surface area contributed by atoms with E-state index in [0.717, 1.165) is 0 Å². The maximum absolute atomic E-state index is 12.6. The molecule has 0 aromatic heterocycles. The van der Waals surface area contributed by atoms with Gasteiger partial charge in [0.1, 0.15) is 0 Å². The minimum atomic E-state index is -1.15. The Kier molecular flexibility index (Phi) is 5.94. The van der Waals surface area contributed by atoms with Gasteiger partial charge in [-0.2, -0.15) is 0 Å². The summed E-state index contributed by atoms with van der Waals surface area (Å²) in [5.41, 5.74) is 5.95. The predicted octanol–water partition coefficient (Wildman–Crippen LogP) is -0.206. The van der Waals surface area contributed by atoms with Crippen LogP contribution in [0.25, 0.3) is 0 Å². The van der Waals surface area contributed by atoms with Gasteiger partial charge < -0.3 is 25.6 Å². The van der Waals surface area contributed by atoms with Crippen LogP contribution in [0.5, 0.6) is 11.5 Å². The van der Waals surface area contributed by atoms with E-state index in [1.165, 1.54) is 0 Å². The minimum Gasteiger partial charge on any atom is -0.481 e. The fourth-order valence-corrected chi connectivity index (χ4v) is 2.24. The molecule has 1 aliphatic heterocycles. The third-order valence-electron chi connectivity index (χ3n) is 3.93. The Labute approximate surface area is 144 Å². The van der Waals surface area contributed by atoms with E-state index in [0.29, 0.717) is 17.1 Å². The molecule has 0 spiro atoms. The van der Waals surface area contributed by atoms with E-state index in [1.54, 1.807) is 37.1 Å². The van der Waals surface area contributed by atoms with Crippen LogP contribution in [0.2, 0.25) is 0 Å². The van der Waals surface area contributed by atoms with Crippen molar-refractivity contribution in [1.82, 2.24) is 10.2 Å². The number of amides is 1. The van der Waals surface area contributed by atoms with E-state index in [-0.39, 0.29) is 19.2 Å². The van der Waals surface area contributed by atoms with E-state index in [9.17, 15) is 14.4 Å². The molecule has 1 amide bonds. The van der Waals surface area contributed by atoms with Crippen LogP contribution in [-0.2, 0) is 9.59 Å². The van der Waals surface area contributed by atoms with Gasteiger partial charge in [-0.1, -0.05) is 0 Å². The van der Waals surface area contributed by atoms with Gasteiger partial charge in [0.05, 0.1) is 25.2 Å². The predicted molar refractivity (Wildman–Crippen MR) is 87.4 cm³/mol. The number of rotatable bonds is 8. The van der Waals surface area contributed by atoms with E-state index < -0.39 is 30.4 Å². The zero-order valence-electron chi connectivity index (χ0n) is 14.0. The number of hydrogen-bond donors (Lipinski definition) is 3. The molecular weight excluding hydrogens is 330 g/mol. The summed E-state index contributed by atoms with van der Waals surface area (Å²) in [7, 11) is 1.67. The Bertz CT molecular complexity index is 678. The smallest absolute Gasteiger partial charge is 0.305 e. The summed E-state index contributed by atoms with van der Waals surface area (Å²) in [6.45, 7) is 1.89. The highest BCUT2D eigenvalue weighted by atomic mass is 16.7. The van der Waals surface area contributed by atoms with Crippen LogP contribution in [0.15, 0.2) is 18.2 Å². The molecule has 0 saturated carbocycles. The molecule has 9 heteroatoms. The molecule has 1 aromatic carbocycles. The summed E-state index contributed by atoms with van der Waals surface area (Å²) >= 11 is 0. The Balaban J connectivity index is 1.90. The summed E-state index contributed by atoms with van der Waals surface area (Å²) in [6.07, 6.45) is -0.457. The van der Waals surface area contributed by atoms with Crippen LogP contribution in [-0.4, -0.2) is 60.3 Å². The van der Waals surface area contributed by atoms with Crippen molar-refractivity contribution in [2.75, 3.05) is 20.5 Å². The Hall–Kier alpha value is -2.65. The van der Waals surface area contributed by atoms with Crippen molar-refractivity contribution in [3.63, 3.8) is 0 Å². The largest absolute Gasteiger partial charge is 0.481 e. The number of hydrogen-bond acceptors (Lipinski definition) is 7. The topological polar surface area (TPSA) is 131 Å². The second-order valence-electron chi connectivity index (χ2n) is 5.77. The third-order valence-corrected chi connectivity index (χ3v) is 3.93. The standard InChI is InChI=1S/C16H21N3O6/c1-9(19(2)7-18-16(23)11(17)6-14(20)21)15(22)10-3-4-12-13(5-10)25-8-24-12/h3-5,9,11H,6-8,17H2,1-2H3,(H,18,23)(H,20,21). The van der Waals surface area contributed by atoms with Crippen LogP contribution in [0, 0.1) is 0 Å². The zero-order chi connectivity index (χ0) is 18.6. The third kappa shape index (κ3) is 4.68. The van der Waals surface area contributed by atoms with E-state index in [1.807, 2.05) is 0 Å². The van der Waals surface area contributed by atoms with E-state index in [4.69, 9.17) is 20.3 Å². The Morgan fingerprint density at radius 3 is 2.68 bits per heavy atom. The number of carboxylic acids is 1. The lowest BCUT2D eigenvalue weighted by molar-refractivity contribution is -0.139. The number of carboxylic acid groups (broad SMARTS) is 1. The van der Waals surface area contributed by atoms with Crippen LogP contribution >= 0.6 is 0 Å². The van der Waals surface area contributed by atoms with Gasteiger partial charge in [-0.05, 0) is 32.2 Å². The van der Waals surface area contributed by atoms with Gasteiger partial charge in [0.25, 0.3) is 0 Å². The van der Waals surface area contributed by atoms with Crippen molar-refractivity contribution < 1.29 is 29.0 Å². The van der Waals surface area contributed by atoms with Crippen molar-refractivity contribution in [1.29, 1.82) is 0 Å². The number of Topliss-reactive ketones (excluding diaryl/α,β-unsaturated/α-hetero) is 1. The molecule has 1 heterocycles. The first-order valence-electron chi connectivity index (χ1n) is 7.68. The molecule has 2 rings (SSSR count). The SMILES string of the molecule is CC(C(=O)c1ccc2c(c1)OCO2)N(C)CNC(=O)C(N)CC(=O)O. The molecule has 0 radical (unpaired) electrons. The number of likely N-dealkylation sites (N-methyl/N-ethyl adjacent to an activating group) is 1. The molecule has 9 nitrogen and oxygen atoms in total. The Morgan fingerprint density at radius 1 is 1.32 bits per heavy atom. The molecule has 25 heavy (non-hydrogen) atoms. The second-order valence-corrected chi connectivity index (χ2v) is 5.77. The molecule has 4 N–H and O–H groups in total. The molecule has 0 saturated heterocycles. The van der Waals surface area contributed by atoms with Gasteiger partial charge in [0.2, 0.25) is 12.7 Å². The number of nitrogens with two attached hydrogens (primary N) is 1. The number of carbonyl (C=O) groups excluding carboxylic acids is 2. The maximum atomic E-state index is 12.6. The summed E-state index contributed by atoms with van der Waals surface area (Å²) in [4.78, 5) is 36.5. The van der Waals surface area contributed by atoms with Gasteiger partial charge in [-0.3, -0.25) is 19.3 Å². The first-order valence-corrected chi connectivity index (χ1v) is 7.68.